The lowest BCUT2D eigenvalue weighted by Gasteiger charge is -2.29. The average Bonchev–Trinajstić information content (AvgIpc) is 2.40. The Labute approximate surface area is 124 Å². The van der Waals surface area contributed by atoms with E-state index in [0.29, 0.717) is 6.42 Å². The van der Waals surface area contributed by atoms with Crippen molar-refractivity contribution in [1.29, 1.82) is 0 Å². The van der Waals surface area contributed by atoms with Gasteiger partial charge in [0.05, 0.1) is 9.79 Å². The monoisotopic (exact) mass is 333 g/mol. The van der Waals surface area contributed by atoms with Crippen molar-refractivity contribution >= 4 is 20.0 Å². The Bertz CT molecular complexity index is 716. The topological polar surface area (TPSA) is 132 Å². The van der Waals surface area contributed by atoms with Gasteiger partial charge in [0, 0.05) is 12.1 Å². The number of nitrogens with one attached hydrogen (secondary N) is 1. The van der Waals surface area contributed by atoms with Crippen molar-refractivity contribution in [3.63, 3.8) is 0 Å². The van der Waals surface area contributed by atoms with E-state index in [0.717, 1.165) is 25.3 Å². The first-order valence-corrected chi connectivity index (χ1v) is 9.64. The highest BCUT2D eigenvalue weighted by atomic mass is 32.2. The molecule has 0 aliphatic heterocycles. The Hall–Kier alpha value is -1.00. The molecule has 7 nitrogen and oxygen atoms in total. The first-order chi connectivity index (χ1) is 9.70. The summed E-state index contributed by atoms with van der Waals surface area (Å²) in [6, 6.07) is 4.41. The maximum Gasteiger partial charge on any atom is 0.240 e. The molecule has 5 N–H and O–H groups in total. The fourth-order valence-electron chi connectivity index (χ4n) is 2.39. The standard InChI is InChI=1S/C12H19N3O4S2/c13-11-6-1-2-7-12(11)15-21(18,19)10-5-3-4-9(8-10)20(14,16)17/h3-5,8,11-12,15H,1-2,6-7,13H2,(H2,14,16,17)/t11-,12-/m1/s1. The maximum absolute atomic E-state index is 12.3. The molecule has 118 valence electrons. The Morgan fingerprint density at radius 2 is 1.67 bits per heavy atom. The van der Waals surface area contributed by atoms with Crippen molar-refractivity contribution in [3.8, 4) is 0 Å². The normalized spacial score (nSPS) is 23.9. The van der Waals surface area contributed by atoms with Gasteiger partial charge in [0.15, 0.2) is 0 Å². The van der Waals surface area contributed by atoms with Crippen LogP contribution in [0.3, 0.4) is 0 Å². The first kappa shape index (κ1) is 16.4. The van der Waals surface area contributed by atoms with E-state index in [1.165, 1.54) is 18.2 Å². The lowest BCUT2D eigenvalue weighted by Crippen LogP contribution is -2.49. The first-order valence-electron chi connectivity index (χ1n) is 6.61. The zero-order valence-electron chi connectivity index (χ0n) is 11.4. The number of benzene rings is 1. The van der Waals surface area contributed by atoms with Gasteiger partial charge in [-0.15, -0.1) is 0 Å². The van der Waals surface area contributed by atoms with Crippen LogP contribution >= 0.6 is 0 Å². The molecular formula is C12H19N3O4S2. The number of nitrogens with two attached hydrogens (primary N) is 2. The average molecular weight is 333 g/mol. The van der Waals surface area contributed by atoms with Crippen LogP contribution in [0.2, 0.25) is 0 Å². The molecule has 0 aromatic heterocycles. The van der Waals surface area contributed by atoms with Gasteiger partial charge < -0.3 is 5.73 Å². The summed E-state index contributed by atoms with van der Waals surface area (Å²) in [4.78, 5) is -0.370. The van der Waals surface area contributed by atoms with Gasteiger partial charge in [-0.25, -0.2) is 26.7 Å². The summed E-state index contributed by atoms with van der Waals surface area (Å²) in [5.41, 5.74) is 5.92. The van der Waals surface area contributed by atoms with Crippen LogP contribution < -0.4 is 15.6 Å². The number of rotatable bonds is 4. The summed E-state index contributed by atoms with van der Waals surface area (Å²) >= 11 is 0. The van der Waals surface area contributed by atoms with E-state index in [-0.39, 0.29) is 21.9 Å². The Balaban J connectivity index is 2.27. The van der Waals surface area contributed by atoms with Crippen molar-refractivity contribution in [1.82, 2.24) is 4.72 Å². The predicted octanol–water partition coefficient (Wildman–Crippen LogP) is -0.118. The van der Waals surface area contributed by atoms with Crippen molar-refractivity contribution in [3.05, 3.63) is 24.3 Å². The SMILES string of the molecule is N[C@@H]1CCCC[C@H]1NS(=O)(=O)c1cccc(S(N)(=O)=O)c1. The largest absolute Gasteiger partial charge is 0.326 e. The van der Waals surface area contributed by atoms with E-state index in [1.54, 1.807) is 0 Å². The summed E-state index contributed by atoms with van der Waals surface area (Å²) < 4.78 is 49.8. The molecule has 0 spiro atoms. The van der Waals surface area contributed by atoms with Crippen LogP contribution in [-0.4, -0.2) is 28.9 Å². The van der Waals surface area contributed by atoms with Crippen LogP contribution in [-0.2, 0) is 20.0 Å². The highest BCUT2D eigenvalue weighted by molar-refractivity contribution is 7.90. The molecule has 1 saturated carbocycles. The zero-order chi connectivity index (χ0) is 15.7. The quantitative estimate of drug-likeness (QED) is 0.707. The molecule has 0 bridgehead atoms. The molecule has 21 heavy (non-hydrogen) atoms. The van der Waals surface area contributed by atoms with Gasteiger partial charge in [-0.2, -0.15) is 0 Å². The number of hydrogen-bond donors (Lipinski definition) is 3. The molecule has 0 heterocycles. The smallest absolute Gasteiger partial charge is 0.240 e. The molecule has 0 saturated heterocycles. The summed E-state index contributed by atoms with van der Waals surface area (Å²) in [5, 5.41) is 5.01. The summed E-state index contributed by atoms with van der Waals surface area (Å²) in [5.74, 6) is 0. The lowest BCUT2D eigenvalue weighted by molar-refractivity contribution is 0.361. The maximum atomic E-state index is 12.3. The predicted molar refractivity (Wildman–Crippen MR) is 78.4 cm³/mol. The second-order valence-electron chi connectivity index (χ2n) is 5.20. The van der Waals surface area contributed by atoms with Gasteiger partial charge in [-0.05, 0) is 31.0 Å². The van der Waals surface area contributed by atoms with Gasteiger partial charge in [0.25, 0.3) is 0 Å². The molecule has 0 amide bonds. The Morgan fingerprint density at radius 3 is 2.29 bits per heavy atom. The van der Waals surface area contributed by atoms with Crippen molar-refractivity contribution in [2.75, 3.05) is 0 Å². The molecular weight excluding hydrogens is 314 g/mol. The van der Waals surface area contributed by atoms with Gasteiger partial charge in [-0.3, -0.25) is 0 Å². The summed E-state index contributed by atoms with van der Waals surface area (Å²) in [6.45, 7) is 0. The van der Waals surface area contributed by atoms with Gasteiger partial charge in [0.1, 0.15) is 0 Å². The molecule has 2 rings (SSSR count). The van der Waals surface area contributed by atoms with Crippen LogP contribution in [0, 0.1) is 0 Å². The molecule has 2 atom stereocenters. The third kappa shape index (κ3) is 4.01. The fraction of sp³-hybridized carbons (Fsp3) is 0.500. The minimum Gasteiger partial charge on any atom is -0.326 e. The second-order valence-corrected chi connectivity index (χ2v) is 8.47. The van der Waals surface area contributed by atoms with E-state index in [4.69, 9.17) is 10.9 Å². The molecule has 1 aromatic carbocycles. The molecule has 0 radical (unpaired) electrons. The highest BCUT2D eigenvalue weighted by Gasteiger charge is 2.27. The zero-order valence-corrected chi connectivity index (χ0v) is 13.0. The minimum absolute atomic E-state index is 0.133. The molecule has 0 unspecified atom stereocenters. The number of hydrogen-bond acceptors (Lipinski definition) is 5. The van der Waals surface area contributed by atoms with E-state index >= 15 is 0 Å². The van der Waals surface area contributed by atoms with Gasteiger partial charge in [-0.1, -0.05) is 18.9 Å². The molecule has 1 fully saturated rings. The van der Waals surface area contributed by atoms with Crippen LogP contribution in [0.25, 0.3) is 0 Å². The third-order valence-electron chi connectivity index (χ3n) is 3.57. The Kier molecular flexibility index (Phi) is 4.69. The van der Waals surface area contributed by atoms with E-state index in [2.05, 4.69) is 4.72 Å². The van der Waals surface area contributed by atoms with Crippen LogP contribution in [0.1, 0.15) is 25.7 Å². The third-order valence-corrected chi connectivity index (χ3v) is 5.97. The Morgan fingerprint density at radius 1 is 1.05 bits per heavy atom. The van der Waals surface area contributed by atoms with Crippen LogP contribution in [0.4, 0.5) is 0 Å². The molecule has 1 aliphatic carbocycles. The minimum atomic E-state index is -3.95. The van der Waals surface area contributed by atoms with Crippen LogP contribution in [0.5, 0.6) is 0 Å². The highest BCUT2D eigenvalue weighted by Crippen LogP contribution is 2.20. The van der Waals surface area contributed by atoms with E-state index in [9.17, 15) is 16.8 Å². The lowest BCUT2D eigenvalue weighted by atomic mass is 9.92. The van der Waals surface area contributed by atoms with Gasteiger partial charge >= 0.3 is 0 Å². The number of sulfonamides is 2. The van der Waals surface area contributed by atoms with Crippen LogP contribution in [0.15, 0.2) is 34.1 Å². The molecule has 1 aliphatic rings. The summed E-state index contributed by atoms with van der Waals surface area (Å²) in [7, 11) is -7.77. The molecule has 9 heteroatoms. The van der Waals surface area contributed by atoms with Crippen molar-refractivity contribution in [2.45, 2.75) is 47.6 Å². The fourth-order valence-corrected chi connectivity index (χ4v) is 4.39. The van der Waals surface area contributed by atoms with E-state index < -0.39 is 20.0 Å². The van der Waals surface area contributed by atoms with E-state index in [1.807, 2.05) is 0 Å². The summed E-state index contributed by atoms with van der Waals surface area (Å²) in [6.07, 6.45) is 3.35. The second kappa shape index (κ2) is 6.01. The number of primary sulfonamides is 1. The van der Waals surface area contributed by atoms with Crippen molar-refractivity contribution < 1.29 is 16.8 Å². The molecule has 1 aromatic rings. The van der Waals surface area contributed by atoms with Crippen molar-refractivity contribution in [2.24, 2.45) is 10.9 Å². The van der Waals surface area contributed by atoms with Gasteiger partial charge in [0.2, 0.25) is 20.0 Å².